The maximum absolute atomic E-state index is 12.4. The number of carbonyl (C=O) groups is 2. The number of urea groups is 1. The van der Waals surface area contributed by atoms with E-state index in [2.05, 4.69) is 26.0 Å². The standard InChI is InChI=1S/C24H22N6O3/c1-30-22-9-6-18(12-15(22)14-26-30)29-24(32)28-17-4-7-19(8-5-17)33-20-10-11-25-21(13-20)23(31)27-16-2-3-16/h4-14,16H,2-3H2,1H3,(H,27,31)(H2,28,29,32). The van der Waals surface area contributed by atoms with Gasteiger partial charge < -0.3 is 20.7 Å². The Balaban J connectivity index is 1.18. The first-order valence-electron chi connectivity index (χ1n) is 10.6. The van der Waals surface area contributed by atoms with Crippen LogP contribution < -0.4 is 20.7 Å². The van der Waals surface area contributed by atoms with Gasteiger partial charge in [-0.2, -0.15) is 5.10 Å². The summed E-state index contributed by atoms with van der Waals surface area (Å²) in [5.74, 6) is 0.883. The second-order valence-corrected chi connectivity index (χ2v) is 7.87. The summed E-state index contributed by atoms with van der Waals surface area (Å²) in [6.07, 6.45) is 5.32. The predicted octanol–water partition coefficient (Wildman–Crippen LogP) is 4.30. The van der Waals surface area contributed by atoms with Crippen LogP contribution in [0.4, 0.5) is 16.2 Å². The quantitative estimate of drug-likeness (QED) is 0.412. The number of carbonyl (C=O) groups excluding carboxylic acids is 2. The van der Waals surface area contributed by atoms with Crippen molar-refractivity contribution < 1.29 is 14.3 Å². The predicted molar refractivity (Wildman–Crippen MR) is 125 cm³/mol. The minimum Gasteiger partial charge on any atom is -0.457 e. The molecule has 0 radical (unpaired) electrons. The number of hydrogen-bond donors (Lipinski definition) is 3. The van der Waals surface area contributed by atoms with Gasteiger partial charge in [0.25, 0.3) is 5.91 Å². The van der Waals surface area contributed by atoms with Gasteiger partial charge in [-0.1, -0.05) is 0 Å². The summed E-state index contributed by atoms with van der Waals surface area (Å²) in [6.45, 7) is 0. The van der Waals surface area contributed by atoms with E-state index in [9.17, 15) is 9.59 Å². The lowest BCUT2D eigenvalue weighted by molar-refractivity contribution is 0.0945. The summed E-state index contributed by atoms with van der Waals surface area (Å²) in [5, 5.41) is 13.7. The molecule has 1 fully saturated rings. The van der Waals surface area contributed by atoms with Crippen molar-refractivity contribution in [3.8, 4) is 11.5 Å². The van der Waals surface area contributed by atoms with Gasteiger partial charge >= 0.3 is 6.03 Å². The maximum atomic E-state index is 12.4. The molecule has 9 nitrogen and oxygen atoms in total. The molecule has 2 aromatic carbocycles. The molecule has 1 aliphatic rings. The number of fused-ring (bicyclic) bond motifs is 1. The molecule has 2 aromatic heterocycles. The van der Waals surface area contributed by atoms with Crippen molar-refractivity contribution in [2.24, 2.45) is 7.05 Å². The molecule has 0 saturated heterocycles. The van der Waals surface area contributed by atoms with Gasteiger partial charge in [0.2, 0.25) is 0 Å². The summed E-state index contributed by atoms with van der Waals surface area (Å²) in [5.41, 5.74) is 2.59. The molecule has 0 unspecified atom stereocenters. The molecule has 3 amide bonds. The summed E-state index contributed by atoms with van der Waals surface area (Å²) >= 11 is 0. The average molecular weight is 442 g/mol. The van der Waals surface area contributed by atoms with E-state index >= 15 is 0 Å². The van der Waals surface area contributed by atoms with E-state index in [1.165, 1.54) is 0 Å². The van der Waals surface area contributed by atoms with Crippen molar-refractivity contribution in [3.63, 3.8) is 0 Å². The number of nitrogens with one attached hydrogen (secondary N) is 3. The molecule has 4 aromatic rings. The van der Waals surface area contributed by atoms with Crippen molar-refractivity contribution in [1.82, 2.24) is 20.1 Å². The first kappa shape index (κ1) is 20.5. The molecule has 5 rings (SSSR count). The van der Waals surface area contributed by atoms with Crippen molar-refractivity contribution in [2.75, 3.05) is 10.6 Å². The Hall–Kier alpha value is -4.40. The summed E-state index contributed by atoms with van der Waals surface area (Å²) in [6, 6.07) is 15.8. The topological polar surface area (TPSA) is 110 Å². The molecule has 0 bridgehead atoms. The van der Waals surface area contributed by atoms with Crippen LogP contribution in [0.3, 0.4) is 0 Å². The van der Waals surface area contributed by atoms with E-state index in [1.807, 2.05) is 25.2 Å². The number of nitrogens with zero attached hydrogens (tertiary/aromatic N) is 3. The normalized spacial score (nSPS) is 12.9. The first-order chi connectivity index (χ1) is 16.0. The highest BCUT2D eigenvalue weighted by Crippen LogP contribution is 2.24. The minimum atomic E-state index is -0.354. The fourth-order valence-corrected chi connectivity index (χ4v) is 3.36. The van der Waals surface area contributed by atoms with E-state index in [1.54, 1.807) is 53.5 Å². The van der Waals surface area contributed by atoms with Crippen molar-refractivity contribution in [2.45, 2.75) is 18.9 Å². The monoisotopic (exact) mass is 442 g/mol. The molecule has 0 atom stereocenters. The Morgan fingerprint density at radius 3 is 2.52 bits per heavy atom. The number of benzene rings is 2. The molecular weight excluding hydrogens is 420 g/mol. The number of amides is 3. The maximum Gasteiger partial charge on any atom is 0.323 e. The Bertz CT molecular complexity index is 1330. The third kappa shape index (κ3) is 4.93. The molecule has 0 spiro atoms. The minimum absolute atomic E-state index is 0.198. The van der Waals surface area contributed by atoms with Gasteiger partial charge in [-0.25, -0.2) is 4.79 Å². The van der Waals surface area contributed by atoms with Gasteiger partial charge in [-0.3, -0.25) is 14.5 Å². The van der Waals surface area contributed by atoms with Gasteiger partial charge in [0.1, 0.15) is 17.2 Å². The van der Waals surface area contributed by atoms with Crippen LogP contribution >= 0.6 is 0 Å². The second-order valence-electron chi connectivity index (χ2n) is 7.87. The van der Waals surface area contributed by atoms with Crippen LogP contribution in [-0.4, -0.2) is 32.7 Å². The zero-order chi connectivity index (χ0) is 22.8. The van der Waals surface area contributed by atoms with Crippen LogP contribution in [-0.2, 0) is 7.05 Å². The fraction of sp³-hybridized carbons (Fsp3) is 0.167. The fourth-order valence-electron chi connectivity index (χ4n) is 3.36. The van der Waals surface area contributed by atoms with E-state index in [0.717, 1.165) is 23.7 Å². The van der Waals surface area contributed by atoms with Gasteiger partial charge in [0, 0.05) is 42.1 Å². The van der Waals surface area contributed by atoms with Crippen molar-refractivity contribution in [3.05, 3.63) is 72.7 Å². The molecule has 9 heteroatoms. The third-order valence-electron chi connectivity index (χ3n) is 5.23. The van der Waals surface area contributed by atoms with Crippen LogP contribution in [0.15, 0.2) is 67.0 Å². The van der Waals surface area contributed by atoms with E-state index in [-0.39, 0.29) is 18.0 Å². The van der Waals surface area contributed by atoms with Crippen LogP contribution in [0.5, 0.6) is 11.5 Å². The summed E-state index contributed by atoms with van der Waals surface area (Å²) in [4.78, 5) is 28.6. The molecule has 2 heterocycles. The molecule has 1 saturated carbocycles. The number of ether oxygens (including phenoxy) is 1. The number of hydrogen-bond acceptors (Lipinski definition) is 5. The van der Waals surface area contributed by atoms with E-state index in [0.29, 0.717) is 28.6 Å². The lowest BCUT2D eigenvalue weighted by atomic mass is 10.2. The van der Waals surface area contributed by atoms with Crippen LogP contribution in [0, 0.1) is 0 Å². The molecular formula is C24H22N6O3. The second kappa shape index (κ2) is 8.62. The number of pyridine rings is 1. The van der Waals surface area contributed by atoms with Crippen molar-refractivity contribution >= 4 is 34.2 Å². The lowest BCUT2D eigenvalue weighted by Crippen LogP contribution is -2.26. The highest BCUT2D eigenvalue weighted by Gasteiger charge is 2.24. The van der Waals surface area contributed by atoms with E-state index in [4.69, 9.17) is 4.74 Å². The van der Waals surface area contributed by atoms with Crippen LogP contribution in [0.25, 0.3) is 10.9 Å². The number of anilines is 2. The number of rotatable bonds is 6. The lowest BCUT2D eigenvalue weighted by Gasteiger charge is -2.10. The molecule has 0 aliphatic heterocycles. The smallest absolute Gasteiger partial charge is 0.323 e. The largest absolute Gasteiger partial charge is 0.457 e. The number of aromatic nitrogens is 3. The van der Waals surface area contributed by atoms with Crippen molar-refractivity contribution in [1.29, 1.82) is 0 Å². The van der Waals surface area contributed by atoms with Crippen LogP contribution in [0.1, 0.15) is 23.3 Å². The average Bonchev–Trinajstić information content (AvgIpc) is 3.55. The van der Waals surface area contributed by atoms with Gasteiger partial charge in [-0.05, 0) is 61.4 Å². The van der Waals surface area contributed by atoms with Gasteiger partial charge in [0.05, 0.1) is 11.7 Å². The Labute approximate surface area is 189 Å². The SMILES string of the molecule is Cn1ncc2cc(NC(=O)Nc3ccc(Oc4ccnc(C(=O)NC5CC5)c4)cc3)ccc21. The Morgan fingerprint density at radius 2 is 1.73 bits per heavy atom. The Morgan fingerprint density at radius 1 is 0.970 bits per heavy atom. The highest BCUT2D eigenvalue weighted by atomic mass is 16.5. The molecule has 3 N–H and O–H groups in total. The zero-order valence-corrected chi connectivity index (χ0v) is 17.9. The molecule has 1 aliphatic carbocycles. The number of aryl methyl sites for hydroxylation is 1. The Kier molecular flexibility index (Phi) is 5.35. The molecule has 166 valence electrons. The third-order valence-corrected chi connectivity index (χ3v) is 5.23. The summed E-state index contributed by atoms with van der Waals surface area (Å²) in [7, 11) is 1.87. The highest BCUT2D eigenvalue weighted by molar-refractivity contribution is 6.01. The van der Waals surface area contributed by atoms with Gasteiger partial charge in [-0.15, -0.1) is 0 Å². The van der Waals surface area contributed by atoms with Crippen LogP contribution in [0.2, 0.25) is 0 Å². The van der Waals surface area contributed by atoms with Gasteiger partial charge in [0.15, 0.2) is 0 Å². The van der Waals surface area contributed by atoms with E-state index < -0.39 is 0 Å². The summed E-state index contributed by atoms with van der Waals surface area (Å²) < 4.78 is 7.61. The molecule has 33 heavy (non-hydrogen) atoms. The first-order valence-corrected chi connectivity index (χ1v) is 10.6. The zero-order valence-electron chi connectivity index (χ0n) is 17.9.